The van der Waals surface area contributed by atoms with Crippen molar-refractivity contribution < 1.29 is 9.53 Å². The van der Waals surface area contributed by atoms with Crippen LogP contribution in [-0.2, 0) is 9.53 Å². The molecule has 0 aliphatic rings. The van der Waals surface area contributed by atoms with Crippen molar-refractivity contribution in [2.45, 2.75) is 0 Å². The van der Waals surface area contributed by atoms with E-state index < -0.39 is 5.97 Å². The van der Waals surface area contributed by atoms with Gasteiger partial charge in [-0.25, -0.2) is 4.79 Å². The largest absolute Gasteiger partial charge is 0.466 e. The lowest BCUT2D eigenvalue weighted by molar-refractivity contribution is -0.134. The van der Waals surface area contributed by atoms with E-state index in [9.17, 15) is 4.79 Å². The van der Waals surface area contributed by atoms with Crippen molar-refractivity contribution >= 4 is 17.6 Å². The molecule has 0 spiro atoms. The Labute approximate surface area is 140 Å². The number of nitriles is 2. The van der Waals surface area contributed by atoms with Crippen LogP contribution in [0.2, 0.25) is 0 Å². The molecule has 0 amide bonds. The van der Waals surface area contributed by atoms with E-state index in [4.69, 9.17) is 15.3 Å². The summed E-state index contributed by atoms with van der Waals surface area (Å²) in [6.45, 7) is 0. The molecular formula is C20H14N2O2. The van der Waals surface area contributed by atoms with Crippen molar-refractivity contribution in [3.8, 4) is 12.1 Å². The van der Waals surface area contributed by atoms with Gasteiger partial charge in [0.1, 0.15) is 0 Å². The number of allylic oxidation sites excluding steroid dienone is 2. The highest BCUT2D eigenvalue weighted by Gasteiger charge is 2.03. The van der Waals surface area contributed by atoms with Crippen LogP contribution in [0.25, 0.3) is 11.6 Å². The number of hydrogen-bond acceptors (Lipinski definition) is 4. The van der Waals surface area contributed by atoms with Gasteiger partial charge in [0.25, 0.3) is 0 Å². The lowest BCUT2D eigenvalue weighted by Gasteiger charge is -2.03. The minimum Gasteiger partial charge on any atom is -0.466 e. The van der Waals surface area contributed by atoms with E-state index in [0.29, 0.717) is 16.7 Å². The summed E-state index contributed by atoms with van der Waals surface area (Å²) >= 11 is 0. The number of carbonyl (C=O) groups excluding carboxylic acids is 1. The third kappa shape index (κ3) is 4.43. The molecule has 0 heterocycles. The maximum Gasteiger partial charge on any atom is 0.331 e. The Hall–Kier alpha value is -3.63. The van der Waals surface area contributed by atoms with Crippen LogP contribution in [0.4, 0.5) is 0 Å². The fourth-order valence-electron chi connectivity index (χ4n) is 2.05. The molecule has 24 heavy (non-hydrogen) atoms. The van der Waals surface area contributed by atoms with Crippen LogP contribution in [0.1, 0.15) is 22.3 Å². The zero-order chi connectivity index (χ0) is 17.4. The number of rotatable bonds is 4. The molecule has 4 nitrogen and oxygen atoms in total. The van der Waals surface area contributed by atoms with Crippen LogP contribution in [0.3, 0.4) is 0 Å². The van der Waals surface area contributed by atoms with E-state index in [1.165, 1.54) is 13.2 Å². The van der Waals surface area contributed by atoms with Crippen molar-refractivity contribution in [2.75, 3.05) is 7.11 Å². The van der Waals surface area contributed by atoms with Gasteiger partial charge in [-0.3, -0.25) is 0 Å². The normalized spacial score (nSPS) is 10.9. The fourth-order valence-corrected chi connectivity index (χ4v) is 2.05. The van der Waals surface area contributed by atoms with Crippen molar-refractivity contribution in [1.29, 1.82) is 10.5 Å². The van der Waals surface area contributed by atoms with E-state index in [0.717, 1.165) is 11.1 Å². The SMILES string of the molecule is COC(=O)/C=C(/C=C/c1cccc(C#N)c1)c1ccc(C#N)cc1. The highest BCUT2D eigenvalue weighted by Crippen LogP contribution is 2.19. The van der Waals surface area contributed by atoms with Crippen molar-refractivity contribution in [3.05, 3.63) is 82.9 Å². The molecule has 116 valence electrons. The van der Waals surface area contributed by atoms with Gasteiger partial charge in [-0.1, -0.05) is 36.4 Å². The Bertz CT molecular complexity index is 879. The number of hydrogen-bond donors (Lipinski definition) is 0. The molecule has 4 heteroatoms. The molecule has 0 unspecified atom stereocenters. The number of nitrogens with zero attached hydrogens (tertiary/aromatic N) is 2. The van der Waals surface area contributed by atoms with Crippen LogP contribution >= 0.6 is 0 Å². The second-order valence-corrected chi connectivity index (χ2v) is 4.88. The quantitative estimate of drug-likeness (QED) is 0.490. The molecule has 0 radical (unpaired) electrons. The third-order valence-corrected chi connectivity index (χ3v) is 3.29. The van der Waals surface area contributed by atoms with E-state index in [-0.39, 0.29) is 0 Å². The van der Waals surface area contributed by atoms with Crippen molar-refractivity contribution in [2.24, 2.45) is 0 Å². The Morgan fingerprint density at radius 3 is 2.38 bits per heavy atom. The first-order valence-corrected chi connectivity index (χ1v) is 7.14. The number of ether oxygens (including phenoxy) is 1. The van der Waals surface area contributed by atoms with E-state index in [1.807, 2.05) is 12.1 Å². The number of benzene rings is 2. The van der Waals surface area contributed by atoms with Gasteiger partial charge in [0.2, 0.25) is 0 Å². The molecular weight excluding hydrogens is 300 g/mol. The molecule has 2 aromatic carbocycles. The summed E-state index contributed by atoms with van der Waals surface area (Å²) in [5.74, 6) is -0.468. The maximum atomic E-state index is 11.6. The molecule has 0 atom stereocenters. The third-order valence-electron chi connectivity index (χ3n) is 3.29. The van der Waals surface area contributed by atoms with Gasteiger partial charge in [0.05, 0.1) is 30.4 Å². The summed E-state index contributed by atoms with van der Waals surface area (Å²) in [6.07, 6.45) is 4.97. The minimum absolute atomic E-state index is 0.468. The highest BCUT2D eigenvalue weighted by atomic mass is 16.5. The topological polar surface area (TPSA) is 73.9 Å². The average Bonchev–Trinajstić information content (AvgIpc) is 2.65. The summed E-state index contributed by atoms with van der Waals surface area (Å²) < 4.78 is 4.69. The molecule has 0 aliphatic carbocycles. The highest BCUT2D eigenvalue weighted by molar-refractivity contribution is 5.95. The van der Waals surface area contributed by atoms with E-state index >= 15 is 0 Å². The zero-order valence-corrected chi connectivity index (χ0v) is 13.1. The summed E-state index contributed by atoms with van der Waals surface area (Å²) in [4.78, 5) is 11.6. The van der Waals surface area contributed by atoms with Gasteiger partial charge in [-0.05, 0) is 41.0 Å². The molecule has 0 aromatic heterocycles. The summed E-state index contributed by atoms with van der Waals surface area (Å²) in [7, 11) is 1.31. The first-order valence-electron chi connectivity index (χ1n) is 7.14. The fraction of sp³-hybridized carbons (Fsp3) is 0.0500. The van der Waals surface area contributed by atoms with Gasteiger partial charge >= 0.3 is 5.97 Å². The Balaban J connectivity index is 2.37. The summed E-state index contributed by atoms with van der Waals surface area (Å²) in [5, 5.41) is 17.8. The first-order chi connectivity index (χ1) is 11.7. The molecule has 0 bridgehead atoms. The lowest BCUT2D eigenvalue weighted by atomic mass is 10.0. The smallest absolute Gasteiger partial charge is 0.331 e. The zero-order valence-electron chi connectivity index (χ0n) is 13.1. The van der Waals surface area contributed by atoms with Gasteiger partial charge in [-0.2, -0.15) is 10.5 Å². The maximum absolute atomic E-state index is 11.6. The van der Waals surface area contributed by atoms with Gasteiger partial charge in [0.15, 0.2) is 0 Å². The van der Waals surface area contributed by atoms with Crippen molar-refractivity contribution in [1.82, 2.24) is 0 Å². The van der Waals surface area contributed by atoms with Crippen molar-refractivity contribution in [3.63, 3.8) is 0 Å². The van der Waals surface area contributed by atoms with Crippen LogP contribution in [0.5, 0.6) is 0 Å². The summed E-state index contributed by atoms with van der Waals surface area (Å²) in [5.41, 5.74) is 3.38. The molecule has 0 fully saturated rings. The second kappa shape index (κ2) is 8.12. The van der Waals surface area contributed by atoms with Crippen LogP contribution in [0.15, 0.2) is 60.7 Å². The Morgan fingerprint density at radius 1 is 1.04 bits per heavy atom. The average molecular weight is 314 g/mol. The monoisotopic (exact) mass is 314 g/mol. The lowest BCUT2D eigenvalue weighted by Crippen LogP contribution is -1.96. The summed E-state index contributed by atoms with van der Waals surface area (Å²) in [6, 6.07) is 18.2. The van der Waals surface area contributed by atoms with Crippen LogP contribution in [0, 0.1) is 22.7 Å². The van der Waals surface area contributed by atoms with E-state index in [1.54, 1.807) is 48.5 Å². The molecule has 0 saturated carbocycles. The predicted molar refractivity (Wildman–Crippen MR) is 91.3 cm³/mol. The Morgan fingerprint density at radius 2 is 1.75 bits per heavy atom. The molecule has 2 aromatic rings. The number of esters is 1. The minimum atomic E-state index is -0.468. The second-order valence-electron chi connectivity index (χ2n) is 4.88. The van der Waals surface area contributed by atoms with Gasteiger partial charge in [0, 0.05) is 6.08 Å². The van der Waals surface area contributed by atoms with Crippen LogP contribution in [-0.4, -0.2) is 13.1 Å². The molecule has 0 saturated heterocycles. The first kappa shape index (κ1) is 16.7. The Kier molecular flexibility index (Phi) is 5.66. The standard InChI is InChI=1S/C20H14N2O2/c1-24-20(23)12-19(18-8-6-16(13-21)7-9-18)10-5-15-3-2-4-17(11-15)14-22/h2-12H,1H3/b10-5+,19-12-. The molecule has 0 aliphatic heterocycles. The number of methoxy groups -OCH3 is 1. The van der Waals surface area contributed by atoms with E-state index in [2.05, 4.69) is 12.1 Å². The molecule has 2 rings (SSSR count). The van der Waals surface area contributed by atoms with Gasteiger partial charge < -0.3 is 4.74 Å². The van der Waals surface area contributed by atoms with Gasteiger partial charge in [-0.15, -0.1) is 0 Å². The molecule has 0 N–H and O–H groups in total. The predicted octanol–water partition coefficient (Wildman–Crippen LogP) is 3.70. The number of carbonyl (C=O) groups is 1. The van der Waals surface area contributed by atoms with Crippen LogP contribution < -0.4 is 0 Å².